The smallest absolute Gasteiger partial charge is 0.252 e. The Hall–Kier alpha value is -0.140. The Morgan fingerprint density at radius 1 is 1.62 bits per heavy atom. The van der Waals surface area contributed by atoms with Gasteiger partial charge in [0.2, 0.25) is 0 Å². The standard InChI is InChI=1S/C9H14ClNO3S2/c1-6-4-8(15-9(6)10)16(13,14)11(3)7(2)5-12/h4,7,12H,5H2,1-3H3. The van der Waals surface area contributed by atoms with E-state index in [1.54, 1.807) is 19.9 Å². The molecule has 0 spiro atoms. The van der Waals surface area contributed by atoms with Crippen LogP contribution in [0.4, 0.5) is 0 Å². The maximum absolute atomic E-state index is 12.1. The monoisotopic (exact) mass is 283 g/mol. The molecule has 0 saturated heterocycles. The van der Waals surface area contributed by atoms with Gasteiger partial charge in [-0.1, -0.05) is 11.6 Å². The van der Waals surface area contributed by atoms with Gasteiger partial charge in [-0.3, -0.25) is 0 Å². The number of aliphatic hydroxyl groups is 1. The van der Waals surface area contributed by atoms with E-state index in [0.717, 1.165) is 21.2 Å². The average molecular weight is 284 g/mol. The van der Waals surface area contributed by atoms with Gasteiger partial charge >= 0.3 is 0 Å². The summed E-state index contributed by atoms with van der Waals surface area (Å²) in [5, 5.41) is 8.95. The Bertz CT molecular complexity index is 450. The summed E-state index contributed by atoms with van der Waals surface area (Å²) in [7, 11) is -2.10. The molecular formula is C9H14ClNO3S2. The average Bonchev–Trinajstić information content (AvgIpc) is 2.57. The quantitative estimate of drug-likeness (QED) is 0.915. The third-order valence-electron chi connectivity index (χ3n) is 2.35. The summed E-state index contributed by atoms with van der Waals surface area (Å²) < 4.78 is 26.0. The molecule has 0 fully saturated rings. The van der Waals surface area contributed by atoms with E-state index in [1.165, 1.54) is 7.05 Å². The first-order valence-electron chi connectivity index (χ1n) is 4.65. The Balaban J connectivity index is 3.11. The van der Waals surface area contributed by atoms with Gasteiger partial charge in [-0.05, 0) is 25.5 Å². The van der Waals surface area contributed by atoms with Crippen molar-refractivity contribution >= 4 is 33.0 Å². The van der Waals surface area contributed by atoms with Gasteiger partial charge in [0.1, 0.15) is 4.21 Å². The molecule has 0 aliphatic heterocycles. The molecule has 0 aliphatic rings. The van der Waals surface area contributed by atoms with Gasteiger partial charge in [-0.25, -0.2) is 8.42 Å². The van der Waals surface area contributed by atoms with E-state index in [-0.39, 0.29) is 10.8 Å². The molecule has 1 aromatic rings. The largest absolute Gasteiger partial charge is 0.395 e. The molecule has 1 rings (SSSR count). The van der Waals surface area contributed by atoms with Crippen LogP contribution in [0.15, 0.2) is 10.3 Å². The van der Waals surface area contributed by atoms with Crippen LogP contribution in [0, 0.1) is 6.92 Å². The zero-order chi connectivity index (χ0) is 12.5. The molecule has 1 heterocycles. The molecule has 16 heavy (non-hydrogen) atoms. The van der Waals surface area contributed by atoms with E-state index >= 15 is 0 Å². The summed E-state index contributed by atoms with van der Waals surface area (Å²) in [5.74, 6) is 0. The molecule has 1 atom stereocenters. The summed E-state index contributed by atoms with van der Waals surface area (Å²) in [6.45, 7) is 3.18. The summed E-state index contributed by atoms with van der Waals surface area (Å²) >= 11 is 6.87. The van der Waals surface area contributed by atoms with Crippen LogP contribution in [0.25, 0.3) is 0 Å². The molecule has 1 unspecified atom stereocenters. The number of halogens is 1. The van der Waals surface area contributed by atoms with Crippen LogP contribution in [0.2, 0.25) is 4.34 Å². The van der Waals surface area contributed by atoms with Crippen LogP contribution in [0.1, 0.15) is 12.5 Å². The third kappa shape index (κ3) is 2.57. The molecule has 1 aromatic heterocycles. The molecule has 92 valence electrons. The maximum atomic E-state index is 12.1. The first-order chi connectivity index (χ1) is 7.30. The van der Waals surface area contributed by atoms with Crippen LogP contribution in [0.5, 0.6) is 0 Å². The van der Waals surface area contributed by atoms with Crippen LogP contribution >= 0.6 is 22.9 Å². The van der Waals surface area contributed by atoms with Crippen molar-refractivity contribution in [3.05, 3.63) is 16.0 Å². The van der Waals surface area contributed by atoms with E-state index in [9.17, 15) is 8.42 Å². The Morgan fingerprint density at radius 3 is 2.56 bits per heavy atom. The molecule has 0 radical (unpaired) electrons. The lowest BCUT2D eigenvalue weighted by atomic mass is 10.4. The van der Waals surface area contributed by atoms with E-state index in [4.69, 9.17) is 16.7 Å². The highest BCUT2D eigenvalue weighted by molar-refractivity contribution is 7.91. The minimum absolute atomic E-state index is 0.206. The highest BCUT2D eigenvalue weighted by Crippen LogP contribution is 2.31. The van der Waals surface area contributed by atoms with Crippen molar-refractivity contribution in [2.24, 2.45) is 0 Å². The van der Waals surface area contributed by atoms with Crippen molar-refractivity contribution in [1.82, 2.24) is 4.31 Å². The first-order valence-corrected chi connectivity index (χ1v) is 7.29. The molecule has 4 nitrogen and oxygen atoms in total. The number of sulfonamides is 1. The van der Waals surface area contributed by atoms with Crippen LogP contribution in [-0.2, 0) is 10.0 Å². The zero-order valence-electron chi connectivity index (χ0n) is 9.27. The summed E-state index contributed by atoms with van der Waals surface area (Å²) in [5.41, 5.74) is 0.746. The van der Waals surface area contributed by atoms with Crippen molar-refractivity contribution in [3.63, 3.8) is 0 Å². The lowest BCUT2D eigenvalue weighted by molar-refractivity contribution is 0.214. The van der Waals surface area contributed by atoms with E-state index in [2.05, 4.69) is 0 Å². The summed E-state index contributed by atoms with van der Waals surface area (Å²) in [6.07, 6.45) is 0. The highest BCUT2D eigenvalue weighted by atomic mass is 35.5. The zero-order valence-corrected chi connectivity index (χ0v) is 11.7. The van der Waals surface area contributed by atoms with Crippen molar-refractivity contribution in [2.45, 2.75) is 24.1 Å². The molecule has 1 N–H and O–H groups in total. The fraction of sp³-hybridized carbons (Fsp3) is 0.556. The number of hydrogen-bond donors (Lipinski definition) is 1. The van der Waals surface area contributed by atoms with Gasteiger partial charge in [-0.2, -0.15) is 4.31 Å². The van der Waals surface area contributed by atoms with Crippen molar-refractivity contribution in [1.29, 1.82) is 0 Å². The van der Waals surface area contributed by atoms with Crippen LogP contribution in [-0.4, -0.2) is 37.5 Å². The van der Waals surface area contributed by atoms with E-state index in [0.29, 0.717) is 4.34 Å². The number of rotatable bonds is 4. The number of thiophene rings is 1. The number of hydrogen-bond acceptors (Lipinski definition) is 4. The van der Waals surface area contributed by atoms with Gasteiger partial charge in [0.25, 0.3) is 10.0 Å². The van der Waals surface area contributed by atoms with Crippen molar-refractivity contribution < 1.29 is 13.5 Å². The maximum Gasteiger partial charge on any atom is 0.252 e. The number of likely N-dealkylation sites (N-methyl/N-ethyl adjacent to an activating group) is 1. The second kappa shape index (κ2) is 5.01. The lowest BCUT2D eigenvalue weighted by Crippen LogP contribution is -2.36. The number of nitrogens with zero attached hydrogens (tertiary/aromatic N) is 1. The normalized spacial score (nSPS) is 14.4. The summed E-state index contributed by atoms with van der Waals surface area (Å²) in [6, 6.07) is 1.09. The topological polar surface area (TPSA) is 57.6 Å². The lowest BCUT2D eigenvalue weighted by Gasteiger charge is -2.21. The Labute approximate surface area is 105 Å². The molecule has 0 bridgehead atoms. The van der Waals surface area contributed by atoms with E-state index < -0.39 is 16.1 Å². The van der Waals surface area contributed by atoms with E-state index in [1.807, 2.05) is 0 Å². The van der Waals surface area contributed by atoms with Crippen LogP contribution < -0.4 is 0 Å². The third-order valence-corrected chi connectivity index (χ3v) is 6.33. The first kappa shape index (κ1) is 13.9. The molecule has 0 saturated carbocycles. The number of aryl methyl sites for hydroxylation is 1. The second-order valence-corrected chi connectivity index (χ2v) is 7.45. The van der Waals surface area contributed by atoms with Crippen LogP contribution in [0.3, 0.4) is 0 Å². The fourth-order valence-electron chi connectivity index (χ4n) is 1.05. The minimum atomic E-state index is -3.54. The molecule has 0 aliphatic carbocycles. The van der Waals surface area contributed by atoms with Gasteiger partial charge in [0.05, 0.1) is 10.9 Å². The predicted molar refractivity (Wildman–Crippen MR) is 65.6 cm³/mol. The Morgan fingerprint density at radius 2 is 2.19 bits per heavy atom. The van der Waals surface area contributed by atoms with Gasteiger partial charge in [0, 0.05) is 13.1 Å². The van der Waals surface area contributed by atoms with Crippen molar-refractivity contribution in [3.8, 4) is 0 Å². The molecular weight excluding hydrogens is 270 g/mol. The predicted octanol–water partition coefficient (Wildman–Crippen LogP) is 1.71. The SMILES string of the molecule is Cc1cc(S(=O)(=O)N(C)C(C)CO)sc1Cl. The second-order valence-electron chi connectivity index (χ2n) is 3.57. The molecule has 7 heteroatoms. The molecule has 0 amide bonds. The minimum Gasteiger partial charge on any atom is -0.395 e. The molecule has 0 aromatic carbocycles. The number of aliphatic hydroxyl groups excluding tert-OH is 1. The highest BCUT2D eigenvalue weighted by Gasteiger charge is 2.27. The van der Waals surface area contributed by atoms with Gasteiger partial charge in [-0.15, -0.1) is 11.3 Å². The van der Waals surface area contributed by atoms with Gasteiger partial charge < -0.3 is 5.11 Å². The van der Waals surface area contributed by atoms with Crippen molar-refractivity contribution in [2.75, 3.05) is 13.7 Å². The summed E-state index contributed by atoms with van der Waals surface area (Å²) in [4.78, 5) is 0. The fourth-order valence-corrected chi connectivity index (χ4v) is 4.30. The van der Waals surface area contributed by atoms with Gasteiger partial charge in [0.15, 0.2) is 0 Å². The Kier molecular flexibility index (Phi) is 4.36.